The van der Waals surface area contributed by atoms with Crippen molar-refractivity contribution in [3.63, 3.8) is 0 Å². The lowest BCUT2D eigenvalue weighted by molar-refractivity contribution is 0.387. The molecule has 0 amide bonds. The molecule has 0 bridgehead atoms. The van der Waals surface area contributed by atoms with Crippen molar-refractivity contribution in [1.29, 1.82) is 0 Å². The summed E-state index contributed by atoms with van der Waals surface area (Å²) >= 11 is 0. The van der Waals surface area contributed by atoms with Crippen LogP contribution in [-0.2, 0) is 6.54 Å². The van der Waals surface area contributed by atoms with Crippen LogP contribution >= 0.6 is 0 Å². The molecule has 0 aliphatic carbocycles. The van der Waals surface area contributed by atoms with Crippen LogP contribution in [-0.4, -0.2) is 0 Å². The Labute approximate surface area is 281 Å². The number of nitrogens with one attached hydrogen (secondary N) is 2. The molecule has 0 saturated carbocycles. The fraction of sp³-hybridized carbons (Fsp3) is 0.0667. The molecule has 0 heterocycles. The average molecular weight is 620 g/mol. The number of fused-ring (bicyclic) bond motifs is 4. The van der Waals surface area contributed by atoms with Crippen LogP contribution in [0.15, 0.2) is 176 Å². The molecule has 0 saturated heterocycles. The smallest absolute Gasteiger partial charge is 0.0858 e. The van der Waals surface area contributed by atoms with Gasteiger partial charge in [-0.2, -0.15) is 0 Å². The Kier molecular flexibility index (Phi) is 8.24. The molecule has 4 N–H and O–H groups in total. The zero-order chi connectivity index (χ0) is 32.3. The lowest BCUT2D eigenvalue weighted by atomic mass is 9.92. The molecule has 232 valence electrons. The van der Waals surface area contributed by atoms with Crippen molar-refractivity contribution in [3.05, 3.63) is 193 Å². The topological polar surface area (TPSA) is 50.1 Å². The minimum absolute atomic E-state index is 0.236. The maximum atomic E-state index is 6.87. The van der Waals surface area contributed by atoms with Gasteiger partial charge in [0.05, 0.1) is 12.3 Å². The first-order valence-corrected chi connectivity index (χ1v) is 16.6. The summed E-state index contributed by atoms with van der Waals surface area (Å²) in [5.74, 6) is 0. The van der Waals surface area contributed by atoms with Gasteiger partial charge in [0.15, 0.2) is 0 Å². The summed E-state index contributed by atoms with van der Waals surface area (Å²) in [5.41, 5.74) is 15.1. The van der Waals surface area contributed by atoms with E-state index < -0.39 is 0 Å². The molecule has 0 fully saturated rings. The molecule has 2 atom stereocenters. The molecule has 3 nitrogen and oxygen atoms in total. The number of hydrogen-bond acceptors (Lipinski definition) is 3. The van der Waals surface area contributed by atoms with Crippen LogP contribution in [0.1, 0.15) is 29.0 Å². The van der Waals surface area contributed by atoms with Crippen molar-refractivity contribution in [3.8, 4) is 22.3 Å². The number of hydrogen-bond donors (Lipinski definition) is 3. The van der Waals surface area contributed by atoms with Crippen LogP contribution < -0.4 is 16.4 Å². The van der Waals surface area contributed by atoms with Gasteiger partial charge in [-0.3, -0.25) is 10.6 Å². The van der Waals surface area contributed by atoms with Crippen LogP contribution in [0.25, 0.3) is 54.6 Å². The van der Waals surface area contributed by atoms with E-state index in [4.69, 9.17) is 5.73 Å². The molecule has 48 heavy (non-hydrogen) atoms. The molecule has 0 aliphatic heterocycles. The SMILES string of the molecule is NC(NC(NCc1c2ccccc2cc2c1ccc1ccccc12)c1ccccc1-c1ccc(-c2ccccc2)cc1)c1ccccc1. The summed E-state index contributed by atoms with van der Waals surface area (Å²) in [5, 5.41) is 15.2. The van der Waals surface area contributed by atoms with Gasteiger partial charge < -0.3 is 5.73 Å². The van der Waals surface area contributed by atoms with Crippen molar-refractivity contribution in [1.82, 2.24) is 10.6 Å². The van der Waals surface area contributed by atoms with E-state index in [1.54, 1.807) is 0 Å². The fourth-order valence-electron chi connectivity index (χ4n) is 6.99. The number of benzene rings is 8. The maximum Gasteiger partial charge on any atom is 0.0858 e. The minimum atomic E-state index is -0.370. The summed E-state index contributed by atoms with van der Waals surface area (Å²) in [6.45, 7) is 0.649. The third-order valence-corrected chi connectivity index (χ3v) is 9.44. The van der Waals surface area contributed by atoms with Gasteiger partial charge >= 0.3 is 0 Å². The molecule has 8 aromatic rings. The van der Waals surface area contributed by atoms with Crippen molar-refractivity contribution in [2.24, 2.45) is 5.73 Å². The molecule has 8 aromatic carbocycles. The van der Waals surface area contributed by atoms with E-state index in [-0.39, 0.29) is 12.3 Å². The minimum Gasteiger partial charge on any atom is -0.312 e. The summed E-state index contributed by atoms with van der Waals surface area (Å²) < 4.78 is 0. The number of rotatable bonds is 9. The van der Waals surface area contributed by atoms with Crippen LogP contribution in [0.4, 0.5) is 0 Å². The molecular formula is C45H37N3. The van der Waals surface area contributed by atoms with Crippen molar-refractivity contribution < 1.29 is 0 Å². The first-order chi connectivity index (χ1) is 23.7. The second-order valence-corrected chi connectivity index (χ2v) is 12.4. The summed E-state index contributed by atoms with van der Waals surface area (Å²) in [4.78, 5) is 0. The van der Waals surface area contributed by atoms with Gasteiger partial charge in [-0.15, -0.1) is 0 Å². The lowest BCUT2D eigenvalue weighted by Crippen LogP contribution is -2.40. The predicted octanol–water partition coefficient (Wildman–Crippen LogP) is 10.5. The Morgan fingerprint density at radius 1 is 0.458 bits per heavy atom. The standard InChI is InChI=1S/C45H37N3/c46-44(35-16-5-2-6-17-35)48-45(41-22-12-11-19-37(41)34-25-23-32(24-26-34)31-13-3-1-4-14-31)47-30-43-39-21-10-8-18-36(39)29-42-38-20-9-7-15-33(38)27-28-40(42)43/h1-29,44-45,47-48H,30,46H2. The largest absolute Gasteiger partial charge is 0.312 e. The van der Waals surface area contributed by atoms with Crippen LogP contribution in [0.3, 0.4) is 0 Å². The number of nitrogens with two attached hydrogens (primary N) is 1. The molecular weight excluding hydrogens is 583 g/mol. The van der Waals surface area contributed by atoms with E-state index >= 15 is 0 Å². The molecule has 0 radical (unpaired) electrons. The zero-order valence-electron chi connectivity index (χ0n) is 26.7. The van der Waals surface area contributed by atoms with Gasteiger partial charge in [-0.1, -0.05) is 170 Å². The van der Waals surface area contributed by atoms with Gasteiger partial charge in [0.2, 0.25) is 0 Å². The molecule has 0 aromatic heterocycles. The molecule has 3 heteroatoms. The molecule has 2 unspecified atom stereocenters. The van der Waals surface area contributed by atoms with Crippen molar-refractivity contribution >= 4 is 32.3 Å². The Hall–Kier alpha value is -5.58. The molecule has 0 aliphatic rings. The summed E-state index contributed by atoms with van der Waals surface area (Å²) in [7, 11) is 0. The van der Waals surface area contributed by atoms with Gasteiger partial charge in [0.1, 0.15) is 0 Å². The van der Waals surface area contributed by atoms with Crippen molar-refractivity contribution in [2.45, 2.75) is 18.9 Å². The second-order valence-electron chi connectivity index (χ2n) is 12.4. The normalized spacial score (nSPS) is 12.8. The Morgan fingerprint density at radius 2 is 1.06 bits per heavy atom. The van der Waals surface area contributed by atoms with Crippen LogP contribution in [0.5, 0.6) is 0 Å². The first kappa shape index (κ1) is 29.8. The molecule has 0 spiro atoms. The van der Waals surface area contributed by atoms with Crippen LogP contribution in [0.2, 0.25) is 0 Å². The molecule has 8 rings (SSSR count). The first-order valence-electron chi connectivity index (χ1n) is 16.6. The van der Waals surface area contributed by atoms with Crippen LogP contribution in [0, 0.1) is 0 Å². The highest BCUT2D eigenvalue weighted by molar-refractivity contribution is 6.14. The van der Waals surface area contributed by atoms with Crippen molar-refractivity contribution in [2.75, 3.05) is 0 Å². The lowest BCUT2D eigenvalue weighted by Gasteiger charge is -2.28. The third-order valence-electron chi connectivity index (χ3n) is 9.44. The quantitative estimate of drug-likeness (QED) is 0.0856. The zero-order valence-corrected chi connectivity index (χ0v) is 26.7. The Bertz CT molecular complexity index is 2330. The van der Waals surface area contributed by atoms with Gasteiger partial charge in [0, 0.05) is 6.54 Å². The third kappa shape index (κ3) is 5.87. The second kappa shape index (κ2) is 13.3. The van der Waals surface area contributed by atoms with E-state index in [9.17, 15) is 0 Å². The average Bonchev–Trinajstić information content (AvgIpc) is 3.16. The van der Waals surface area contributed by atoms with E-state index in [0.29, 0.717) is 6.54 Å². The van der Waals surface area contributed by atoms with E-state index in [1.165, 1.54) is 49.0 Å². The highest BCUT2D eigenvalue weighted by atomic mass is 15.2. The predicted molar refractivity (Wildman–Crippen MR) is 202 cm³/mol. The summed E-state index contributed by atoms with van der Waals surface area (Å²) in [6, 6.07) is 62.5. The van der Waals surface area contributed by atoms with E-state index in [0.717, 1.165) is 22.3 Å². The monoisotopic (exact) mass is 619 g/mol. The highest BCUT2D eigenvalue weighted by Crippen LogP contribution is 2.35. The van der Waals surface area contributed by atoms with E-state index in [2.05, 4.69) is 168 Å². The van der Waals surface area contributed by atoms with Gasteiger partial charge in [-0.05, 0) is 77.3 Å². The Morgan fingerprint density at radius 3 is 1.85 bits per heavy atom. The van der Waals surface area contributed by atoms with E-state index in [1.807, 2.05) is 18.2 Å². The fourth-order valence-corrected chi connectivity index (χ4v) is 6.99. The van der Waals surface area contributed by atoms with Gasteiger partial charge in [0.25, 0.3) is 0 Å². The Balaban J connectivity index is 1.21. The summed E-state index contributed by atoms with van der Waals surface area (Å²) in [6.07, 6.45) is -0.606. The highest BCUT2D eigenvalue weighted by Gasteiger charge is 2.20. The van der Waals surface area contributed by atoms with Gasteiger partial charge in [-0.25, -0.2) is 0 Å². The maximum absolute atomic E-state index is 6.87.